The van der Waals surface area contributed by atoms with E-state index in [9.17, 15) is 0 Å². The van der Waals surface area contributed by atoms with Crippen LogP contribution in [0.3, 0.4) is 0 Å². The molecule has 0 radical (unpaired) electrons. The minimum Gasteiger partial charge on any atom is -0.456 e. The van der Waals surface area contributed by atoms with Gasteiger partial charge in [0.15, 0.2) is 0 Å². The maximum Gasteiger partial charge on any atom is 0.136 e. The first kappa shape index (κ1) is 31.7. The highest BCUT2D eigenvalue weighted by atomic mass is 16.3. The highest BCUT2D eigenvalue weighted by Crippen LogP contribution is 2.41. The van der Waals surface area contributed by atoms with Crippen LogP contribution in [-0.2, 0) is 0 Å². The third kappa shape index (κ3) is 4.92. The third-order valence-electron chi connectivity index (χ3n) is 11.8. The maximum absolute atomic E-state index is 6.28. The fraction of sp³-hybridized carbons (Fsp3) is 0. The van der Waals surface area contributed by atoms with E-state index in [4.69, 9.17) is 4.42 Å². The Morgan fingerprint density at radius 3 is 1.40 bits per heavy atom. The number of fused-ring (bicyclic) bond motifs is 10. The average molecular weight is 727 g/mol. The van der Waals surface area contributed by atoms with Crippen LogP contribution in [0.1, 0.15) is 0 Å². The van der Waals surface area contributed by atoms with Crippen LogP contribution in [-0.4, -0.2) is 9.13 Å². The molecule has 3 heteroatoms. The molecule has 12 rings (SSSR count). The van der Waals surface area contributed by atoms with Crippen molar-refractivity contribution >= 4 is 65.6 Å². The number of aromatic nitrogens is 2. The molecule has 0 spiro atoms. The van der Waals surface area contributed by atoms with Crippen molar-refractivity contribution in [2.45, 2.75) is 0 Å². The van der Waals surface area contributed by atoms with Crippen molar-refractivity contribution in [2.24, 2.45) is 0 Å². The third-order valence-corrected chi connectivity index (χ3v) is 11.8. The van der Waals surface area contributed by atoms with Crippen LogP contribution in [0.25, 0.3) is 110 Å². The van der Waals surface area contributed by atoms with Gasteiger partial charge in [-0.1, -0.05) is 146 Å². The fourth-order valence-corrected chi connectivity index (χ4v) is 9.07. The second kappa shape index (κ2) is 12.5. The van der Waals surface area contributed by atoms with Crippen LogP contribution in [0.5, 0.6) is 0 Å². The molecule has 3 heterocycles. The SMILES string of the molecule is c1ccc(-c2ccc3c4ccccc4n(-c4ccc(-c5ccc(-c6ccc(-n7c8ccccc8c8c9c(ccc87)oc7ccccc79)cc6)cc5)cc4)c3c2)cc1. The molecule has 9 aromatic carbocycles. The molecule has 3 aromatic heterocycles. The molecule has 12 aromatic rings. The quantitative estimate of drug-likeness (QED) is 0.173. The molecule has 0 atom stereocenters. The summed E-state index contributed by atoms with van der Waals surface area (Å²) in [6.07, 6.45) is 0. The van der Waals surface area contributed by atoms with Crippen molar-refractivity contribution in [3.8, 4) is 44.8 Å². The Morgan fingerprint density at radius 1 is 0.263 bits per heavy atom. The number of hydrogen-bond acceptors (Lipinski definition) is 1. The minimum atomic E-state index is 0.918. The van der Waals surface area contributed by atoms with Crippen LogP contribution < -0.4 is 0 Å². The van der Waals surface area contributed by atoms with E-state index in [0.717, 1.165) is 27.9 Å². The second-order valence-electron chi connectivity index (χ2n) is 14.9. The van der Waals surface area contributed by atoms with Gasteiger partial charge in [0.1, 0.15) is 11.2 Å². The van der Waals surface area contributed by atoms with Crippen molar-refractivity contribution in [3.05, 3.63) is 206 Å². The lowest BCUT2D eigenvalue weighted by Crippen LogP contribution is -1.94. The van der Waals surface area contributed by atoms with E-state index in [-0.39, 0.29) is 0 Å². The lowest BCUT2D eigenvalue weighted by molar-refractivity contribution is 0.669. The normalized spacial score (nSPS) is 11.9. The van der Waals surface area contributed by atoms with E-state index in [2.05, 4.69) is 209 Å². The summed E-state index contributed by atoms with van der Waals surface area (Å²) < 4.78 is 11.1. The molecule has 0 aliphatic carbocycles. The maximum atomic E-state index is 6.28. The Labute approximate surface area is 328 Å². The monoisotopic (exact) mass is 726 g/mol. The van der Waals surface area contributed by atoms with Gasteiger partial charge in [-0.15, -0.1) is 0 Å². The summed E-state index contributed by atoms with van der Waals surface area (Å²) in [6, 6.07) is 74.4. The Morgan fingerprint density at radius 2 is 0.737 bits per heavy atom. The first-order chi connectivity index (χ1) is 28.3. The second-order valence-corrected chi connectivity index (χ2v) is 14.9. The number of rotatable bonds is 5. The standard InChI is InChI=1S/C54H34N2O/c1-2-10-35(11-3-1)40-26-31-44-43-12-4-7-15-47(43)56(50(44)34-40)42-29-24-39(25-30-42)37-20-18-36(19-21-37)38-22-27-41(28-23-38)55-48-16-8-5-13-45(48)53-49(55)32-33-52-54(53)46-14-6-9-17-51(46)57-52/h1-34H. The zero-order valence-corrected chi connectivity index (χ0v) is 30.9. The Bertz CT molecular complexity index is 3470. The Kier molecular flexibility index (Phi) is 6.93. The highest BCUT2D eigenvalue weighted by molar-refractivity contribution is 6.27. The van der Waals surface area contributed by atoms with Crippen molar-refractivity contribution in [1.29, 1.82) is 0 Å². The first-order valence-electron chi connectivity index (χ1n) is 19.5. The average Bonchev–Trinajstić information content (AvgIpc) is 3.94. The summed E-state index contributed by atoms with van der Waals surface area (Å²) in [5, 5.41) is 7.31. The molecule has 0 N–H and O–H groups in total. The summed E-state index contributed by atoms with van der Waals surface area (Å²) in [7, 11) is 0. The van der Waals surface area contributed by atoms with Crippen LogP contribution in [0.4, 0.5) is 0 Å². The summed E-state index contributed by atoms with van der Waals surface area (Å²) in [4.78, 5) is 0. The molecule has 0 saturated carbocycles. The van der Waals surface area contributed by atoms with Gasteiger partial charge in [-0.25, -0.2) is 0 Å². The van der Waals surface area contributed by atoms with Crippen molar-refractivity contribution in [1.82, 2.24) is 9.13 Å². The van der Waals surface area contributed by atoms with E-state index < -0.39 is 0 Å². The molecule has 57 heavy (non-hydrogen) atoms. The van der Waals surface area contributed by atoms with Gasteiger partial charge >= 0.3 is 0 Å². The van der Waals surface area contributed by atoms with Gasteiger partial charge in [-0.2, -0.15) is 0 Å². The molecule has 0 bridgehead atoms. The Hall–Kier alpha value is -7.62. The zero-order chi connectivity index (χ0) is 37.5. The van der Waals surface area contributed by atoms with E-state index in [1.54, 1.807) is 0 Å². The van der Waals surface area contributed by atoms with Crippen LogP contribution in [0.2, 0.25) is 0 Å². The molecule has 0 unspecified atom stereocenters. The molecule has 0 saturated heterocycles. The molecule has 3 nitrogen and oxygen atoms in total. The summed E-state index contributed by atoms with van der Waals surface area (Å²) in [5.74, 6) is 0. The molecule has 0 amide bonds. The van der Waals surface area contributed by atoms with E-state index in [0.29, 0.717) is 0 Å². The minimum absolute atomic E-state index is 0.918. The lowest BCUT2D eigenvalue weighted by Gasteiger charge is -2.11. The van der Waals surface area contributed by atoms with Crippen LogP contribution >= 0.6 is 0 Å². The van der Waals surface area contributed by atoms with E-state index >= 15 is 0 Å². The van der Waals surface area contributed by atoms with Gasteiger partial charge in [0.2, 0.25) is 0 Å². The van der Waals surface area contributed by atoms with E-state index in [1.165, 1.54) is 82.4 Å². The largest absolute Gasteiger partial charge is 0.456 e. The number of furan rings is 1. The lowest BCUT2D eigenvalue weighted by atomic mass is 10.00. The van der Waals surface area contributed by atoms with Gasteiger partial charge < -0.3 is 13.6 Å². The van der Waals surface area contributed by atoms with Crippen LogP contribution in [0.15, 0.2) is 211 Å². The molecule has 0 aliphatic rings. The summed E-state index contributed by atoms with van der Waals surface area (Å²) in [5.41, 5.74) is 16.1. The van der Waals surface area contributed by atoms with Crippen molar-refractivity contribution < 1.29 is 4.42 Å². The molecule has 0 aliphatic heterocycles. The van der Waals surface area contributed by atoms with Gasteiger partial charge in [0, 0.05) is 43.7 Å². The number of para-hydroxylation sites is 3. The van der Waals surface area contributed by atoms with Gasteiger partial charge in [-0.3, -0.25) is 0 Å². The van der Waals surface area contributed by atoms with Gasteiger partial charge in [0.05, 0.1) is 22.1 Å². The number of nitrogens with zero attached hydrogens (tertiary/aromatic N) is 2. The molecular formula is C54H34N2O. The molecule has 0 fully saturated rings. The predicted octanol–water partition coefficient (Wildman–Crippen LogP) is 14.8. The molecular weight excluding hydrogens is 693 g/mol. The van der Waals surface area contributed by atoms with Gasteiger partial charge in [0.25, 0.3) is 0 Å². The smallest absolute Gasteiger partial charge is 0.136 e. The fourth-order valence-electron chi connectivity index (χ4n) is 9.07. The Balaban J connectivity index is 0.869. The molecule has 266 valence electrons. The van der Waals surface area contributed by atoms with Crippen molar-refractivity contribution in [2.75, 3.05) is 0 Å². The predicted molar refractivity (Wildman–Crippen MR) is 239 cm³/mol. The highest BCUT2D eigenvalue weighted by Gasteiger charge is 2.19. The number of benzene rings is 9. The number of hydrogen-bond donors (Lipinski definition) is 0. The summed E-state index contributed by atoms with van der Waals surface area (Å²) >= 11 is 0. The summed E-state index contributed by atoms with van der Waals surface area (Å²) in [6.45, 7) is 0. The van der Waals surface area contributed by atoms with Crippen molar-refractivity contribution in [3.63, 3.8) is 0 Å². The topological polar surface area (TPSA) is 23.0 Å². The van der Waals surface area contributed by atoms with Gasteiger partial charge in [-0.05, 0) is 94.0 Å². The van der Waals surface area contributed by atoms with Crippen LogP contribution in [0, 0.1) is 0 Å². The first-order valence-corrected chi connectivity index (χ1v) is 19.5. The van der Waals surface area contributed by atoms with E-state index in [1.807, 2.05) is 6.07 Å². The zero-order valence-electron chi connectivity index (χ0n) is 30.9.